The van der Waals surface area contributed by atoms with E-state index in [9.17, 15) is 14.9 Å². The maximum absolute atomic E-state index is 14.6. The second-order valence-corrected chi connectivity index (χ2v) is 15.5. The molecule has 39 heavy (non-hydrogen) atoms. The van der Waals surface area contributed by atoms with E-state index in [2.05, 4.69) is 50.9 Å². The second-order valence-electron chi connectivity index (χ2n) is 15.5. The first kappa shape index (κ1) is 26.7. The SMILES string of the molecule is Cc1nnc([C@]23CCC(C)(C)CC2C2C(=O)C=C4[C@@]5(C)C=C(C#N)C(=O)C(C)(C)[C@@H]5CC[C@@]4(C)[C@]2(C)CC3)o1. The van der Waals surface area contributed by atoms with Crippen LogP contribution in [0.3, 0.4) is 0 Å². The monoisotopic (exact) mass is 529 g/mol. The van der Waals surface area contributed by atoms with Crippen LogP contribution in [0.15, 0.2) is 27.7 Å². The van der Waals surface area contributed by atoms with Crippen molar-refractivity contribution >= 4 is 11.6 Å². The van der Waals surface area contributed by atoms with Gasteiger partial charge in [-0.05, 0) is 79.1 Å². The molecular formula is C33H43N3O3. The molecular weight excluding hydrogens is 486 g/mol. The molecule has 2 unspecified atom stereocenters. The Balaban J connectivity index is 1.54. The van der Waals surface area contributed by atoms with Gasteiger partial charge in [0.1, 0.15) is 6.07 Å². The molecule has 0 aromatic carbocycles. The molecule has 3 fully saturated rings. The van der Waals surface area contributed by atoms with Crippen molar-refractivity contribution in [1.29, 1.82) is 5.26 Å². The lowest BCUT2D eigenvalue weighted by Crippen LogP contribution is -2.65. The van der Waals surface area contributed by atoms with Gasteiger partial charge in [0.25, 0.3) is 0 Å². The first-order chi connectivity index (χ1) is 18.1. The zero-order valence-electron chi connectivity index (χ0n) is 24.9. The van der Waals surface area contributed by atoms with E-state index in [0.29, 0.717) is 5.89 Å². The van der Waals surface area contributed by atoms with Crippen LogP contribution in [0, 0.1) is 63.1 Å². The summed E-state index contributed by atoms with van der Waals surface area (Å²) < 4.78 is 6.16. The fourth-order valence-corrected chi connectivity index (χ4v) is 10.5. The van der Waals surface area contributed by atoms with Crippen molar-refractivity contribution in [1.82, 2.24) is 10.2 Å². The van der Waals surface area contributed by atoms with Crippen LogP contribution >= 0.6 is 0 Å². The van der Waals surface area contributed by atoms with Crippen LogP contribution in [0.2, 0.25) is 0 Å². The van der Waals surface area contributed by atoms with E-state index < -0.39 is 10.8 Å². The van der Waals surface area contributed by atoms with Gasteiger partial charge in [-0.2, -0.15) is 5.26 Å². The highest BCUT2D eigenvalue weighted by atomic mass is 16.4. The Kier molecular flexibility index (Phi) is 5.33. The van der Waals surface area contributed by atoms with Crippen LogP contribution in [0.4, 0.5) is 0 Å². The number of nitrogens with zero attached hydrogens (tertiary/aromatic N) is 3. The Labute approximate surface area is 232 Å². The summed E-state index contributed by atoms with van der Waals surface area (Å²) >= 11 is 0. The summed E-state index contributed by atoms with van der Waals surface area (Å²) in [7, 11) is 0. The van der Waals surface area contributed by atoms with Gasteiger partial charge in [0.05, 0.1) is 11.0 Å². The number of hydrogen-bond donors (Lipinski definition) is 0. The first-order valence-electron chi connectivity index (χ1n) is 14.8. The number of carbonyl (C=O) groups is 2. The third-order valence-corrected chi connectivity index (χ3v) is 12.8. The minimum Gasteiger partial charge on any atom is -0.425 e. The number of ketones is 2. The number of carbonyl (C=O) groups excluding carboxylic acids is 2. The Morgan fingerprint density at radius 2 is 1.67 bits per heavy atom. The second kappa shape index (κ2) is 7.80. The largest absolute Gasteiger partial charge is 0.425 e. The lowest BCUT2D eigenvalue weighted by molar-refractivity contribution is -0.161. The van der Waals surface area contributed by atoms with E-state index in [4.69, 9.17) is 4.42 Å². The zero-order valence-corrected chi connectivity index (χ0v) is 24.9. The summed E-state index contributed by atoms with van der Waals surface area (Å²) in [6.07, 6.45) is 10.6. The maximum atomic E-state index is 14.6. The highest BCUT2D eigenvalue weighted by molar-refractivity contribution is 6.04. The van der Waals surface area contributed by atoms with Crippen LogP contribution < -0.4 is 0 Å². The highest BCUT2D eigenvalue weighted by Gasteiger charge is 2.70. The molecule has 0 saturated heterocycles. The van der Waals surface area contributed by atoms with E-state index in [-0.39, 0.29) is 56.6 Å². The summed E-state index contributed by atoms with van der Waals surface area (Å²) in [5.74, 6) is 1.49. The molecule has 1 aromatic rings. The van der Waals surface area contributed by atoms with Crippen molar-refractivity contribution in [2.45, 2.75) is 106 Å². The van der Waals surface area contributed by atoms with Gasteiger partial charge in [-0.25, -0.2) is 0 Å². The minimum atomic E-state index is -0.650. The minimum absolute atomic E-state index is 0.0551. The van der Waals surface area contributed by atoms with Gasteiger partial charge < -0.3 is 4.42 Å². The van der Waals surface area contributed by atoms with Crippen molar-refractivity contribution in [2.75, 3.05) is 0 Å². The quantitative estimate of drug-likeness (QED) is 0.395. The molecule has 0 N–H and O–H groups in total. The van der Waals surface area contributed by atoms with Gasteiger partial charge in [0.2, 0.25) is 11.8 Å². The zero-order chi connectivity index (χ0) is 28.4. The average Bonchev–Trinajstić information content (AvgIpc) is 3.29. The lowest BCUT2D eigenvalue weighted by Gasteiger charge is -2.68. The average molecular weight is 530 g/mol. The van der Waals surface area contributed by atoms with Gasteiger partial charge >= 0.3 is 0 Å². The van der Waals surface area contributed by atoms with Crippen LogP contribution in [-0.4, -0.2) is 21.8 Å². The van der Waals surface area contributed by atoms with E-state index in [0.717, 1.165) is 56.4 Å². The number of aryl methyl sites for hydroxylation is 1. The maximum Gasteiger partial charge on any atom is 0.222 e. The summed E-state index contributed by atoms with van der Waals surface area (Å²) in [5, 5.41) is 18.7. The Hall–Kier alpha value is -2.55. The van der Waals surface area contributed by atoms with Gasteiger partial charge in [-0.1, -0.05) is 60.1 Å². The smallest absolute Gasteiger partial charge is 0.222 e. The van der Waals surface area contributed by atoms with Gasteiger partial charge in [0, 0.05) is 23.7 Å². The van der Waals surface area contributed by atoms with E-state index in [1.807, 2.05) is 32.9 Å². The van der Waals surface area contributed by atoms with E-state index >= 15 is 0 Å². The number of aromatic nitrogens is 2. The molecule has 3 saturated carbocycles. The van der Waals surface area contributed by atoms with Crippen molar-refractivity contribution in [2.24, 2.45) is 44.8 Å². The van der Waals surface area contributed by atoms with E-state index in [1.54, 1.807) is 0 Å². The number of nitriles is 1. The van der Waals surface area contributed by atoms with Crippen LogP contribution in [0.1, 0.15) is 105 Å². The van der Waals surface area contributed by atoms with Gasteiger partial charge in [-0.15, -0.1) is 10.2 Å². The van der Waals surface area contributed by atoms with Crippen molar-refractivity contribution < 1.29 is 14.0 Å². The number of Topliss-reactive ketones (excluding diaryl/α,β-unsaturated/α-hetero) is 1. The van der Waals surface area contributed by atoms with Crippen molar-refractivity contribution in [3.8, 4) is 6.07 Å². The number of rotatable bonds is 1. The molecule has 5 aliphatic rings. The molecule has 6 heteroatoms. The van der Waals surface area contributed by atoms with Crippen LogP contribution in [-0.2, 0) is 15.0 Å². The molecule has 0 spiro atoms. The first-order valence-corrected chi connectivity index (χ1v) is 14.8. The molecule has 6 nitrogen and oxygen atoms in total. The molecule has 6 rings (SSSR count). The molecule has 0 aliphatic heterocycles. The molecule has 5 aliphatic carbocycles. The normalized spacial score (nSPS) is 44.1. The molecule has 0 bridgehead atoms. The van der Waals surface area contributed by atoms with Gasteiger partial charge in [0.15, 0.2) is 11.6 Å². The van der Waals surface area contributed by atoms with E-state index in [1.165, 1.54) is 0 Å². The van der Waals surface area contributed by atoms with Crippen molar-refractivity contribution in [3.05, 3.63) is 35.1 Å². The number of allylic oxidation sites excluding steroid dienone is 4. The Bertz CT molecular complexity index is 1390. The Morgan fingerprint density at radius 1 is 0.974 bits per heavy atom. The summed E-state index contributed by atoms with van der Waals surface area (Å²) in [6, 6.07) is 2.20. The molecule has 1 heterocycles. The summed E-state index contributed by atoms with van der Waals surface area (Å²) in [4.78, 5) is 27.8. The number of hydrogen-bond acceptors (Lipinski definition) is 6. The third kappa shape index (κ3) is 3.19. The standard InChI is InChI=1S/C33H43N3O3/c1-19-35-36-27(39-19)33-13-11-28(2,3)17-21(33)25-22(37)15-24-30(6)16-20(18-34)26(38)29(4,5)23(30)9-10-31(24,7)32(25,8)12-14-33/h15-16,21,23,25H,9-14,17H2,1-8H3/t21?,23-,25?,30-,31+,32+,33-/m0/s1. The number of fused-ring (bicyclic) bond motifs is 7. The van der Waals surface area contributed by atoms with Crippen LogP contribution in [0.5, 0.6) is 0 Å². The molecule has 0 radical (unpaired) electrons. The third-order valence-electron chi connectivity index (χ3n) is 12.8. The summed E-state index contributed by atoms with van der Waals surface area (Å²) in [5.41, 5.74) is -0.382. The Morgan fingerprint density at radius 3 is 2.31 bits per heavy atom. The lowest BCUT2D eigenvalue weighted by atomic mass is 9.34. The highest BCUT2D eigenvalue weighted by Crippen LogP contribution is 2.74. The molecule has 0 amide bonds. The molecule has 1 aromatic heterocycles. The summed E-state index contributed by atoms with van der Waals surface area (Å²) in [6.45, 7) is 17.4. The fourth-order valence-electron chi connectivity index (χ4n) is 10.5. The molecule has 208 valence electrons. The van der Waals surface area contributed by atoms with Crippen LogP contribution in [0.25, 0.3) is 0 Å². The predicted octanol–water partition coefficient (Wildman–Crippen LogP) is 6.85. The fraction of sp³-hybridized carbons (Fsp3) is 0.727. The molecule has 7 atom stereocenters. The van der Waals surface area contributed by atoms with Crippen molar-refractivity contribution in [3.63, 3.8) is 0 Å². The topological polar surface area (TPSA) is 96.9 Å². The predicted molar refractivity (Wildman–Crippen MR) is 147 cm³/mol. The van der Waals surface area contributed by atoms with Gasteiger partial charge in [-0.3, -0.25) is 9.59 Å².